The molecular weight excluding hydrogens is 374 g/mol. The second-order valence-electron chi connectivity index (χ2n) is 6.60. The molecule has 0 spiro atoms. The van der Waals surface area contributed by atoms with Crippen molar-refractivity contribution in [2.24, 2.45) is 0 Å². The lowest BCUT2D eigenvalue weighted by Gasteiger charge is -2.20. The average molecular weight is 398 g/mol. The van der Waals surface area contributed by atoms with Gasteiger partial charge in [0.05, 0.1) is 17.0 Å². The first-order valence-electron chi connectivity index (χ1n) is 8.99. The lowest BCUT2D eigenvalue weighted by atomic mass is 9.88. The van der Waals surface area contributed by atoms with Crippen molar-refractivity contribution < 1.29 is 36.2 Å². The zero-order valence-corrected chi connectivity index (χ0v) is 15.1. The monoisotopic (exact) mass is 398 g/mol. The molecule has 8 heteroatoms. The van der Waals surface area contributed by atoms with E-state index in [-0.39, 0.29) is 12.5 Å². The second-order valence-corrected chi connectivity index (χ2v) is 6.60. The fourth-order valence-electron chi connectivity index (χ4n) is 3.00. The molecular formula is C19H24F6O2. The minimum absolute atomic E-state index is 0.00395. The maximum atomic E-state index is 13.2. The first-order chi connectivity index (χ1) is 12.5. The van der Waals surface area contributed by atoms with Gasteiger partial charge in [0.15, 0.2) is 0 Å². The molecule has 1 rings (SSSR count). The van der Waals surface area contributed by atoms with Crippen LogP contribution in [-0.2, 0) is 17.1 Å². The number of benzene rings is 1. The van der Waals surface area contributed by atoms with Gasteiger partial charge in [-0.2, -0.15) is 26.3 Å². The van der Waals surface area contributed by atoms with Crippen LogP contribution >= 0.6 is 0 Å². The molecule has 1 atom stereocenters. The Bertz CT molecular complexity index is 607. The van der Waals surface area contributed by atoms with Crippen LogP contribution in [0.1, 0.15) is 80.9 Å². The Hall–Kier alpha value is -1.73. The van der Waals surface area contributed by atoms with Crippen molar-refractivity contribution in [2.45, 2.75) is 76.6 Å². The van der Waals surface area contributed by atoms with Crippen LogP contribution in [0.4, 0.5) is 26.3 Å². The topological polar surface area (TPSA) is 37.3 Å². The van der Waals surface area contributed by atoms with Gasteiger partial charge >= 0.3 is 18.3 Å². The van der Waals surface area contributed by atoms with E-state index in [1.165, 1.54) is 0 Å². The van der Waals surface area contributed by atoms with E-state index in [1.54, 1.807) is 0 Å². The molecule has 0 aliphatic carbocycles. The number of carbonyl (C=O) groups is 1. The van der Waals surface area contributed by atoms with Crippen LogP contribution in [0.25, 0.3) is 0 Å². The third kappa shape index (κ3) is 7.42. The molecule has 0 fully saturated rings. The minimum Gasteiger partial charge on any atom is -0.481 e. The van der Waals surface area contributed by atoms with Crippen LogP contribution in [0.3, 0.4) is 0 Å². The molecule has 0 saturated heterocycles. The molecule has 1 aromatic carbocycles. The Kier molecular flexibility index (Phi) is 8.62. The number of rotatable bonds is 10. The second kappa shape index (κ2) is 9.99. The van der Waals surface area contributed by atoms with Crippen LogP contribution in [0, 0.1) is 0 Å². The normalized spacial score (nSPS) is 13.6. The molecule has 1 N–H and O–H groups in total. The lowest BCUT2D eigenvalue weighted by molar-refractivity contribution is -0.144. The van der Waals surface area contributed by atoms with Crippen molar-refractivity contribution in [3.05, 3.63) is 34.9 Å². The number of hydrogen-bond donors (Lipinski definition) is 1. The fourth-order valence-corrected chi connectivity index (χ4v) is 3.00. The maximum absolute atomic E-state index is 13.2. The summed E-state index contributed by atoms with van der Waals surface area (Å²) in [5.41, 5.74) is -3.60. The number of carboxylic acids is 1. The number of alkyl halides is 6. The van der Waals surface area contributed by atoms with Gasteiger partial charge in [-0.1, -0.05) is 57.9 Å². The number of halogens is 6. The Labute approximate surface area is 154 Å². The Morgan fingerprint density at radius 3 is 1.96 bits per heavy atom. The predicted molar refractivity (Wildman–Crippen MR) is 89.4 cm³/mol. The van der Waals surface area contributed by atoms with Gasteiger partial charge in [0.1, 0.15) is 0 Å². The fraction of sp³-hybridized carbons (Fsp3) is 0.632. The zero-order valence-electron chi connectivity index (χ0n) is 15.1. The summed E-state index contributed by atoms with van der Waals surface area (Å²) in [4.78, 5) is 11.5. The molecule has 0 aromatic heterocycles. The standard InChI is InChI=1S/C19H24F6O2/c1-2-3-4-5-6-7-8-9-15(17(26)27)14-11-10-13(18(20,21)22)12-16(14)19(23,24)25/h10-12,15H,2-9H2,1H3,(H,26,27). The van der Waals surface area contributed by atoms with Crippen LogP contribution in [0.5, 0.6) is 0 Å². The van der Waals surface area contributed by atoms with E-state index in [2.05, 4.69) is 6.92 Å². The summed E-state index contributed by atoms with van der Waals surface area (Å²) in [5, 5.41) is 9.33. The van der Waals surface area contributed by atoms with Crippen LogP contribution in [-0.4, -0.2) is 11.1 Å². The van der Waals surface area contributed by atoms with E-state index in [0.29, 0.717) is 25.0 Å². The molecule has 1 unspecified atom stereocenters. The highest BCUT2D eigenvalue weighted by Gasteiger charge is 2.40. The third-order valence-corrected chi connectivity index (χ3v) is 4.46. The van der Waals surface area contributed by atoms with Gasteiger partial charge in [0.25, 0.3) is 0 Å². The van der Waals surface area contributed by atoms with Crippen molar-refractivity contribution in [1.29, 1.82) is 0 Å². The average Bonchev–Trinajstić information content (AvgIpc) is 2.55. The molecule has 0 saturated carbocycles. The summed E-state index contributed by atoms with van der Waals surface area (Å²) < 4.78 is 77.9. The van der Waals surface area contributed by atoms with E-state index in [1.807, 2.05) is 0 Å². The van der Waals surface area contributed by atoms with Crippen molar-refractivity contribution >= 4 is 5.97 Å². The summed E-state index contributed by atoms with van der Waals surface area (Å²) in [7, 11) is 0. The van der Waals surface area contributed by atoms with Crippen molar-refractivity contribution in [2.75, 3.05) is 0 Å². The third-order valence-electron chi connectivity index (χ3n) is 4.46. The van der Waals surface area contributed by atoms with Crippen LogP contribution in [0.2, 0.25) is 0 Å². The molecule has 0 radical (unpaired) electrons. The summed E-state index contributed by atoms with van der Waals surface area (Å²) >= 11 is 0. The van der Waals surface area contributed by atoms with Gasteiger partial charge in [0.2, 0.25) is 0 Å². The van der Waals surface area contributed by atoms with E-state index in [9.17, 15) is 36.2 Å². The highest BCUT2D eigenvalue weighted by Crippen LogP contribution is 2.40. The predicted octanol–water partition coefficient (Wildman–Crippen LogP) is 7.03. The van der Waals surface area contributed by atoms with E-state index in [4.69, 9.17) is 0 Å². The molecule has 27 heavy (non-hydrogen) atoms. The van der Waals surface area contributed by atoms with Gasteiger partial charge in [-0.25, -0.2) is 0 Å². The Balaban J connectivity index is 2.95. The zero-order chi connectivity index (χ0) is 20.7. The summed E-state index contributed by atoms with van der Waals surface area (Å²) in [6, 6.07) is 1.15. The minimum atomic E-state index is -5.07. The number of carboxylic acid groups (broad SMARTS) is 1. The Morgan fingerprint density at radius 1 is 0.926 bits per heavy atom. The van der Waals surface area contributed by atoms with Crippen LogP contribution < -0.4 is 0 Å². The summed E-state index contributed by atoms with van der Waals surface area (Å²) in [5.74, 6) is -2.95. The van der Waals surface area contributed by atoms with Crippen LogP contribution in [0.15, 0.2) is 18.2 Å². The smallest absolute Gasteiger partial charge is 0.416 e. The molecule has 0 aliphatic rings. The SMILES string of the molecule is CCCCCCCCCC(C(=O)O)c1ccc(C(F)(F)F)cc1C(F)(F)F. The molecule has 0 aliphatic heterocycles. The van der Waals surface area contributed by atoms with Gasteiger partial charge in [-0.15, -0.1) is 0 Å². The highest BCUT2D eigenvalue weighted by atomic mass is 19.4. The van der Waals surface area contributed by atoms with Crippen molar-refractivity contribution in [3.63, 3.8) is 0 Å². The maximum Gasteiger partial charge on any atom is 0.416 e. The highest BCUT2D eigenvalue weighted by molar-refractivity contribution is 5.76. The molecule has 2 nitrogen and oxygen atoms in total. The van der Waals surface area contributed by atoms with Crippen molar-refractivity contribution in [3.8, 4) is 0 Å². The number of hydrogen-bond acceptors (Lipinski definition) is 1. The molecule has 0 amide bonds. The van der Waals surface area contributed by atoms with Gasteiger partial charge in [-0.05, 0) is 24.1 Å². The van der Waals surface area contributed by atoms with Gasteiger partial charge < -0.3 is 5.11 Å². The van der Waals surface area contributed by atoms with Crippen molar-refractivity contribution in [1.82, 2.24) is 0 Å². The van der Waals surface area contributed by atoms with Gasteiger partial charge in [-0.3, -0.25) is 4.79 Å². The largest absolute Gasteiger partial charge is 0.481 e. The quantitative estimate of drug-likeness (QED) is 0.339. The molecule has 0 heterocycles. The summed E-state index contributed by atoms with van der Waals surface area (Å²) in [6.45, 7) is 2.07. The number of aliphatic carboxylic acids is 1. The molecule has 1 aromatic rings. The summed E-state index contributed by atoms with van der Waals surface area (Å²) in [6.07, 6.45) is -3.91. The number of unbranched alkanes of at least 4 members (excludes halogenated alkanes) is 6. The lowest BCUT2D eigenvalue weighted by Crippen LogP contribution is -2.19. The first kappa shape index (κ1) is 23.3. The van der Waals surface area contributed by atoms with E-state index >= 15 is 0 Å². The van der Waals surface area contributed by atoms with E-state index < -0.39 is 40.9 Å². The Morgan fingerprint density at radius 2 is 1.48 bits per heavy atom. The van der Waals surface area contributed by atoms with E-state index in [0.717, 1.165) is 32.1 Å². The van der Waals surface area contributed by atoms with Gasteiger partial charge in [0, 0.05) is 0 Å². The molecule has 154 valence electrons. The molecule has 0 bridgehead atoms. The first-order valence-corrected chi connectivity index (χ1v) is 8.99.